The summed E-state index contributed by atoms with van der Waals surface area (Å²) in [6.07, 6.45) is 2.62. The van der Waals surface area contributed by atoms with Crippen molar-refractivity contribution in [2.24, 2.45) is 4.99 Å². The van der Waals surface area contributed by atoms with Gasteiger partial charge in [-0.05, 0) is 31.0 Å². The van der Waals surface area contributed by atoms with E-state index in [1.807, 2.05) is 30.3 Å². The van der Waals surface area contributed by atoms with Gasteiger partial charge < -0.3 is 15.1 Å². The van der Waals surface area contributed by atoms with E-state index in [1.54, 1.807) is 13.3 Å². The molecule has 0 aliphatic rings. The first-order valence-electron chi connectivity index (χ1n) is 8.74. The molecule has 1 aromatic heterocycles. The highest BCUT2D eigenvalue weighted by atomic mass is 16.3. The largest absolute Gasteiger partial charge is 0.444 e. The van der Waals surface area contributed by atoms with Crippen molar-refractivity contribution in [2.75, 3.05) is 13.6 Å². The second-order valence-corrected chi connectivity index (χ2v) is 6.10. The molecule has 0 atom stereocenters. The van der Waals surface area contributed by atoms with Crippen molar-refractivity contribution in [3.05, 3.63) is 77.7 Å². The molecule has 0 unspecified atom stereocenters. The molecule has 0 amide bonds. The number of oxazole rings is 1. The van der Waals surface area contributed by atoms with Crippen LogP contribution in [-0.4, -0.2) is 24.5 Å². The molecule has 0 bridgehead atoms. The molecule has 3 rings (SSSR count). The van der Waals surface area contributed by atoms with Gasteiger partial charge in [-0.25, -0.2) is 4.98 Å². The third-order valence-corrected chi connectivity index (χ3v) is 4.06. The summed E-state index contributed by atoms with van der Waals surface area (Å²) in [6.45, 7) is 3.47. The molecule has 0 spiro atoms. The second kappa shape index (κ2) is 8.85. The highest BCUT2D eigenvalue weighted by Crippen LogP contribution is 2.17. The van der Waals surface area contributed by atoms with Gasteiger partial charge in [-0.2, -0.15) is 0 Å². The Kier molecular flexibility index (Phi) is 6.04. The summed E-state index contributed by atoms with van der Waals surface area (Å²) < 4.78 is 5.55. The maximum absolute atomic E-state index is 5.55. The van der Waals surface area contributed by atoms with E-state index in [-0.39, 0.29) is 0 Å². The maximum Gasteiger partial charge on any atom is 0.226 e. The number of hydrogen-bond donors (Lipinski definition) is 2. The van der Waals surface area contributed by atoms with E-state index in [4.69, 9.17) is 4.42 Å². The summed E-state index contributed by atoms with van der Waals surface area (Å²) in [6, 6.07) is 18.5. The van der Waals surface area contributed by atoms with Crippen molar-refractivity contribution in [3.63, 3.8) is 0 Å². The number of nitrogens with zero attached hydrogens (tertiary/aromatic N) is 2. The van der Waals surface area contributed by atoms with E-state index in [1.165, 1.54) is 11.1 Å². The van der Waals surface area contributed by atoms with Gasteiger partial charge in [0.15, 0.2) is 5.96 Å². The van der Waals surface area contributed by atoms with Crippen LogP contribution in [0.3, 0.4) is 0 Å². The molecular weight excluding hydrogens is 324 g/mol. The fourth-order valence-corrected chi connectivity index (χ4v) is 2.58. The number of rotatable bonds is 6. The van der Waals surface area contributed by atoms with Crippen LogP contribution in [0.2, 0.25) is 0 Å². The first-order valence-corrected chi connectivity index (χ1v) is 8.74. The summed E-state index contributed by atoms with van der Waals surface area (Å²) >= 11 is 0. The van der Waals surface area contributed by atoms with Crippen LogP contribution < -0.4 is 10.6 Å². The summed E-state index contributed by atoms with van der Waals surface area (Å²) in [5.41, 5.74) is 4.40. The summed E-state index contributed by atoms with van der Waals surface area (Å²) in [5, 5.41) is 6.58. The third-order valence-electron chi connectivity index (χ3n) is 4.06. The standard InChI is InChI=1S/C21H24N4O/c1-16-8-10-17(11-9-16)12-13-23-21(22-2)24-14-19-15-26-20(25-19)18-6-4-3-5-7-18/h3-11,15H,12-14H2,1-2H3,(H2,22,23,24). The predicted octanol–water partition coefficient (Wildman–Crippen LogP) is 3.56. The van der Waals surface area contributed by atoms with Gasteiger partial charge in [-0.15, -0.1) is 0 Å². The Hall–Kier alpha value is -3.08. The summed E-state index contributed by atoms with van der Waals surface area (Å²) in [4.78, 5) is 8.76. The van der Waals surface area contributed by atoms with Crippen LogP contribution in [0.25, 0.3) is 11.5 Å². The molecule has 0 saturated carbocycles. The third kappa shape index (κ3) is 4.96. The van der Waals surface area contributed by atoms with Crippen molar-refractivity contribution in [1.29, 1.82) is 0 Å². The van der Waals surface area contributed by atoms with Crippen molar-refractivity contribution in [3.8, 4) is 11.5 Å². The highest BCUT2D eigenvalue weighted by Gasteiger charge is 2.07. The van der Waals surface area contributed by atoms with Crippen molar-refractivity contribution in [2.45, 2.75) is 19.9 Å². The molecule has 5 nitrogen and oxygen atoms in total. The Labute approximate surface area is 154 Å². The quantitative estimate of drug-likeness (QED) is 0.528. The molecule has 2 aromatic carbocycles. The molecule has 2 N–H and O–H groups in total. The number of aromatic nitrogens is 1. The number of guanidine groups is 1. The zero-order valence-electron chi connectivity index (χ0n) is 15.2. The smallest absolute Gasteiger partial charge is 0.226 e. The molecule has 0 radical (unpaired) electrons. The first-order chi connectivity index (χ1) is 12.7. The van der Waals surface area contributed by atoms with E-state index >= 15 is 0 Å². The molecule has 134 valence electrons. The normalized spacial score (nSPS) is 11.4. The molecule has 26 heavy (non-hydrogen) atoms. The van der Waals surface area contributed by atoms with Gasteiger partial charge in [-0.3, -0.25) is 4.99 Å². The molecule has 3 aromatic rings. The topological polar surface area (TPSA) is 62.5 Å². The number of nitrogens with one attached hydrogen (secondary N) is 2. The van der Waals surface area contributed by atoms with Gasteiger partial charge in [-0.1, -0.05) is 48.0 Å². The van der Waals surface area contributed by atoms with Gasteiger partial charge in [0.25, 0.3) is 0 Å². The molecule has 0 fully saturated rings. The first kappa shape index (κ1) is 17.7. The van der Waals surface area contributed by atoms with E-state index in [0.29, 0.717) is 12.4 Å². The zero-order valence-corrected chi connectivity index (χ0v) is 15.2. The van der Waals surface area contributed by atoms with E-state index in [2.05, 4.69) is 51.8 Å². The van der Waals surface area contributed by atoms with Gasteiger partial charge in [0.1, 0.15) is 6.26 Å². The molecular formula is C21H24N4O. The van der Waals surface area contributed by atoms with Crippen LogP contribution in [0.1, 0.15) is 16.8 Å². The molecule has 0 aliphatic heterocycles. The average Bonchev–Trinajstić information content (AvgIpc) is 3.16. The second-order valence-electron chi connectivity index (χ2n) is 6.10. The molecule has 0 aliphatic carbocycles. The van der Waals surface area contributed by atoms with Gasteiger partial charge in [0, 0.05) is 19.2 Å². The average molecular weight is 348 g/mol. The Balaban J connectivity index is 1.47. The Morgan fingerprint density at radius 2 is 1.81 bits per heavy atom. The Bertz CT molecular complexity index is 838. The summed E-state index contributed by atoms with van der Waals surface area (Å²) in [5.74, 6) is 1.38. The number of aryl methyl sites for hydroxylation is 1. The van der Waals surface area contributed by atoms with Gasteiger partial charge >= 0.3 is 0 Å². The van der Waals surface area contributed by atoms with Crippen LogP contribution in [0, 0.1) is 6.92 Å². The van der Waals surface area contributed by atoms with Gasteiger partial charge in [0.05, 0.1) is 12.2 Å². The van der Waals surface area contributed by atoms with E-state index in [0.717, 1.165) is 30.2 Å². The zero-order chi connectivity index (χ0) is 18.2. The number of hydrogen-bond acceptors (Lipinski definition) is 3. The minimum absolute atomic E-state index is 0.556. The fourth-order valence-electron chi connectivity index (χ4n) is 2.58. The van der Waals surface area contributed by atoms with Crippen LogP contribution >= 0.6 is 0 Å². The van der Waals surface area contributed by atoms with Crippen molar-refractivity contribution >= 4 is 5.96 Å². The lowest BCUT2D eigenvalue weighted by Gasteiger charge is -2.10. The van der Waals surface area contributed by atoms with Crippen LogP contribution in [0.4, 0.5) is 0 Å². The lowest BCUT2D eigenvalue weighted by molar-refractivity contribution is 0.572. The maximum atomic E-state index is 5.55. The fraction of sp³-hybridized carbons (Fsp3) is 0.238. The molecule has 5 heteroatoms. The van der Waals surface area contributed by atoms with Crippen LogP contribution in [-0.2, 0) is 13.0 Å². The lowest BCUT2D eigenvalue weighted by atomic mass is 10.1. The molecule has 1 heterocycles. The Morgan fingerprint density at radius 3 is 2.54 bits per heavy atom. The SMILES string of the molecule is CN=C(NCCc1ccc(C)cc1)NCc1coc(-c2ccccc2)n1. The number of benzene rings is 2. The molecule has 0 saturated heterocycles. The minimum atomic E-state index is 0.556. The van der Waals surface area contributed by atoms with Crippen molar-refractivity contribution < 1.29 is 4.42 Å². The van der Waals surface area contributed by atoms with Gasteiger partial charge in [0.2, 0.25) is 5.89 Å². The summed E-state index contributed by atoms with van der Waals surface area (Å²) in [7, 11) is 1.76. The van der Waals surface area contributed by atoms with E-state index in [9.17, 15) is 0 Å². The lowest BCUT2D eigenvalue weighted by Crippen LogP contribution is -2.37. The highest BCUT2D eigenvalue weighted by molar-refractivity contribution is 5.79. The minimum Gasteiger partial charge on any atom is -0.444 e. The van der Waals surface area contributed by atoms with E-state index < -0.39 is 0 Å². The number of aliphatic imine (C=N–C) groups is 1. The Morgan fingerprint density at radius 1 is 1.04 bits per heavy atom. The van der Waals surface area contributed by atoms with Crippen LogP contribution in [0.5, 0.6) is 0 Å². The predicted molar refractivity (Wildman–Crippen MR) is 105 cm³/mol. The van der Waals surface area contributed by atoms with Crippen LogP contribution in [0.15, 0.2) is 70.3 Å². The monoisotopic (exact) mass is 348 g/mol. The van der Waals surface area contributed by atoms with Crippen molar-refractivity contribution in [1.82, 2.24) is 15.6 Å².